The van der Waals surface area contributed by atoms with E-state index in [0.29, 0.717) is 23.0 Å². The first-order chi connectivity index (χ1) is 6.25. The van der Waals surface area contributed by atoms with Crippen molar-refractivity contribution in [1.29, 1.82) is 0 Å². The Labute approximate surface area is 82.3 Å². The van der Waals surface area contributed by atoms with Gasteiger partial charge in [-0.25, -0.2) is 0 Å². The number of carbonyl (C=O) groups excluding carboxylic acids is 1. The zero-order valence-electron chi connectivity index (χ0n) is 7.25. The molecule has 3 fully saturated rings. The molecule has 3 nitrogen and oxygen atoms in total. The Morgan fingerprint density at radius 3 is 2.92 bits per heavy atom. The highest BCUT2D eigenvalue weighted by Gasteiger charge is 2.52. The molecule has 2 aliphatic carbocycles. The molecule has 1 saturated heterocycles. The van der Waals surface area contributed by atoms with Crippen molar-refractivity contribution >= 4 is 23.2 Å². The SMILES string of the molecule is O=C1NC(=S)N[C@H]2[C@@H]3CC[C@@H](C3)[C@@H]12. The Balaban J connectivity index is 1.93. The van der Waals surface area contributed by atoms with E-state index in [-0.39, 0.29) is 11.8 Å². The van der Waals surface area contributed by atoms with E-state index in [1.54, 1.807) is 0 Å². The molecule has 0 unspecified atom stereocenters. The maximum Gasteiger partial charge on any atom is 0.231 e. The minimum atomic E-state index is 0.154. The van der Waals surface area contributed by atoms with Gasteiger partial charge in [-0.05, 0) is 43.3 Å². The molecule has 13 heavy (non-hydrogen) atoms. The van der Waals surface area contributed by atoms with E-state index in [2.05, 4.69) is 10.6 Å². The van der Waals surface area contributed by atoms with Gasteiger partial charge in [0.1, 0.15) is 0 Å². The molecule has 3 rings (SSSR count). The molecule has 3 aliphatic rings. The van der Waals surface area contributed by atoms with Crippen LogP contribution in [0.1, 0.15) is 19.3 Å². The van der Waals surface area contributed by atoms with E-state index in [0.717, 1.165) is 0 Å². The maximum absolute atomic E-state index is 11.6. The second-order valence-corrected chi connectivity index (χ2v) is 4.76. The molecular formula is C9H12N2OS. The van der Waals surface area contributed by atoms with Crippen LogP contribution in [0.3, 0.4) is 0 Å². The van der Waals surface area contributed by atoms with E-state index < -0.39 is 0 Å². The van der Waals surface area contributed by atoms with Crippen molar-refractivity contribution < 1.29 is 4.79 Å². The van der Waals surface area contributed by atoms with Gasteiger partial charge in [0.05, 0.1) is 5.92 Å². The molecule has 1 aliphatic heterocycles. The van der Waals surface area contributed by atoms with Gasteiger partial charge in [-0.3, -0.25) is 4.79 Å². The molecule has 0 radical (unpaired) electrons. The van der Waals surface area contributed by atoms with Crippen molar-refractivity contribution in [2.24, 2.45) is 17.8 Å². The number of carbonyl (C=O) groups is 1. The Morgan fingerprint density at radius 1 is 1.31 bits per heavy atom. The summed E-state index contributed by atoms with van der Waals surface area (Å²) in [4.78, 5) is 11.6. The fraction of sp³-hybridized carbons (Fsp3) is 0.778. The molecule has 4 heteroatoms. The van der Waals surface area contributed by atoms with Gasteiger partial charge >= 0.3 is 0 Å². The quantitative estimate of drug-likeness (QED) is 0.551. The molecule has 1 heterocycles. The number of nitrogens with one attached hydrogen (secondary N) is 2. The standard InChI is InChI=1S/C9H12N2OS/c12-8-6-4-1-2-5(3-4)7(6)10-9(13)11-8/h4-7H,1-3H2,(H2,10,11,12,13)/t4-,5+,6+,7-/m0/s1. The third kappa shape index (κ3) is 0.950. The van der Waals surface area contributed by atoms with Gasteiger partial charge in [0.25, 0.3) is 0 Å². The maximum atomic E-state index is 11.6. The zero-order valence-corrected chi connectivity index (χ0v) is 8.06. The van der Waals surface area contributed by atoms with Crippen LogP contribution < -0.4 is 10.6 Å². The zero-order chi connectivity index (χ0) is 9.00. The summed E-state index contributed by atoms with van der Waals surface area (Å²) < 4.78 is 0. The predicted molar refractivity (Wildman–Crippen MR) is 52.0 cm³/mol. The van der Waals surface area contributed by atoms with Gasteiger partial charge in [0, 0.05) is 6.04 Å². The first-order valence-electron chi connectivity index (χ1n) is 4.87. The van der Waals surface area contributed by atoms with E-state index >= 15 is 0 Å². The van der Waals surface area contributed by atoms with Crippen molar-refractivity contribution in [3.63, 3.8) is 0 Å². The molecule has 0 aromatic carbocycles. The van der Waals surface area contributed by atoms with Crippen LogP contribution >= 0.6 is 12.2 Å². The Morgan fingerprint density at radius 2 is 2.08 bits per heavy atom. The summed E-state index contributed by atoms with van der Waals surface area (Å²) >= 11 is 4.98. The second-order valence-electron chi connectivity index (χ2n) is 4.35. The van der Waals surface area contributed by atoms with E-state index in [1.807, 2.05) is 0 Å². The lowest BCUT2D eigenvalue weighted by molar-refractivity contribution is -0.126. The van der Waals surface area contributed by atoms with Gasteiger partial charge in [0.2, 0.25) is 5.91 Å². The summed E-state index contributed by atoms with van der Waals surface area (Å²) in [5.74, 6) is 1.66. The fourth-order valence-electron chi connectivity index (χ4n) is 3.26. The molecule has 2 N–H and O–H groups in total. The molecular weight excluding hydrogens is 184 g/mol. The van der Waals surface area contributed by atoms with Crippen LogP contribution in [-0.4, -0.2) is 17.1 Å². The van der Waals surface area contributed by atoms with Crippen LogP contribution in [-0.2, 0) is 4.79 Å². The number of amides is 1. The van der Waals surface area contributed by atoms with Gasteiger partial charge < -0.3 is 10.6 Å². The van der Waals surface area contributed by atoms with Crippen LogP contribution in [0.5, 0.6) is 0 Å². The smallest absolute Gasteiger partial charge is 0.231 e. The van der Waals surface area contributed by atoms with Gasteiger partial charge in [0.15, 0.2) is 5.11 Å². The minimum absolute atomic E-state index is 0.154. The van der Waals surface area contributed by atoms with Gasteiger partial charge in [-0.15, -0.1) is 0 Å². The summed E-state index contributed by atoms with van der Waals surface area (Å²) in [6.45, 7) is 0. The number of thiocarbonyl (C=S) groups is 1. The number of hydrogen-bond donors (Lipinski definition) is 2. The lowest BCUT2D eigenvalue weighted by Crippen LogP contribution is -2.59. The molecule has 1 amide bonds. The molecule has 0 spiro atoms. The number of hydrogen-bond acceptors (Lipinski definition) is 2. The second kappa shape index (κ2) is 2.44. The largest absolute Gasteiger partial charge is 0.359 e. The van der Waals surface area contributed by atoms with Crippen LogP contribution in [0, 0.1) is 17.8 Å². The lowest BCUT2D eigenvalue weighted by Gasteiger charge is -2.35. The Hall–Kier alpha value is -0.640. The van der Waals surface area contributed by atoms with Crippen LogP contribution in [0.4, 0.5) is 0 Å². The van der Waals surface area contributed by atoms with Crippen LogP contribution in [0.2, 0.25) is 0 Å². The van der Waals surface area contributed by atoms with Gasteiger partial charge in [-0.1, -0.05) is 0 Å². The van der Waals surface area contributed by atoms with E-state index in [1.165, 1.54) is 19.3 Å². The number of fused-ring (bicyclic) bond motifs is 5. The first-order valence-corrected chi connectivity index (χ1v) is 5.28. The van der Waals surface area contributed by atoms with Crippen molar-refractivity contribution in [3.8, 4) is 0 Å². The normalized spacial score (nSPS) is 47.1. The van der Waals surface area contributed by atoms with Crippen LogP contribution in [0.15, 0.2) is 0 Å². The average molecular weight is 196 g/mol. The highest BCUT2D eigenvalue weighted by atomic mass is 32.1. The number of rotatable bonds is 0. The van der Waals surface area contributed by atoms with E-state index in [9.17, 15) is 4.79 Å². The lowest BCUT2D eigenvalue weighted by atomic mass is 9.83. The monoisotopic (exact) mass is 196 g/mol. The fourth-order valence-corrected chi connectivity index (χ4v) is 3.50. The third-order valence-corrected chi connectivity index (χ3v) is 3.97. The summed E-state index contributed by atoms with van der Waals surface area (Å²) in [5, 5.41) is 6.48. The molecule has 4 atom stereocenters. The highest BCUT2D eigenvalue weighted by Crippen LogP contribution is 2.49. The molecule has 0 aromatic heterocycles. The molecule has 0 aromatic rings. The minimum Gasteiger partial charge on any atom is -0.359 e. The van der Waals surface area contributed by atoms with Crippen LogP contribution in [0.25, 0.3) is 0 Å². The molecule has 2 bridgehead atoms. The first kappa shape index (κ1) is 7.74. The average Bonchev–Trinajstić information content (AvgIpc) is 2.62. The topological polar surface area (TPSA) is 41.1 Å². The van der Waals surface area contributed by atoms with Crippen molar-refractivity contribution in [3.05, 3.63) is 0 Å². The summed E-state index contributed by atoms with van der Waals surface area (Å²) in [5.41, 5.74) is 0. The summed E-state index contributed by atoms with van der Waals surface area (Å²) in [7, 11) is 0. The Bertz CT molecular complexity index is 291. The molecule has 70 valence electrons. The van der Waals surface area contributed by atoms with E-state index in [4.69, 9.17) is 12.2 Å². The molecule has 2 saturated carbocycles. The Kier molecular flexibility index (Phi) is 1.45. The van der Waals surface area contributed by atoms with Crippen molar-refractivity contribution in [2.75, 3.05) is 0 Å². The van der Waals surface area contributed by atoms with Gasteiger partial charge in [-0.2, -0.15) is 0 Å². The van der Waals surface area contributed by atoms with Crippen molar-refractivity contribution in [2.45, 2.75) is 25.3 Å². The summed E-state index contributed by atoms with van der Waals surface area (Å²) in [6, 6.07) is 0.347. The predicted octanol–water partition coefficient (Wildman–Crippen LogP) is 0.405. The third-order valence-electron chi connectivity index (χ3n) is 3.75. The summed E-state index contributed by atoms with van der Waals surface area (Å²) in [6.07, 6.45) is 3.72. The van der Waals surface area contributed by atoms with Crippen molar-refractivity contribution in [1.82, 2.24) is 10.6 Å². The highest BCUT2D eigenvalue weighted by molar-refractivity contribution is 7.80.